The monoisotopic (exact) mass is 522 g/mol. The van der Waals surface area contributed by atoms with Crippen LogP contribution in [-0.2, 0) is 29.0 Å². The summed E-state index contributed by atoms with van der Waals surface area (Å²) in [6.45, 7) is 6.05. The Balaban J connectivity index is 1.74. The summed E-state index contributed by atoms with van der Waals surface area (Å²) in [4.78, 5) is 30.3. The summed E-state index contributed by atoms with van der Waals surface area (Å²) in [5.41, 5.74) is 2.56. The first-order valence-corrected chi connectivity index (χ1v) is 13.5. The van der Waals surface area contributed by atoms with Crippen molar-refractivity contribution in [2.75, 3.05) is 26.3 Å². The molecule has 0 saturated heterocycles. The number of hydrogen-bond donors (Lipinski definition) is 0. The normalized spacial score (nSPS) is 10.9. The van der Waals surface area contributed by atoms with Crippen molar-refractivity contribution in [1.82, 2.24) is 9.80 Å². The maximum absolute atomic E-state index is 13.6. The fourth-order valence-electron chi connectivity index (χ4n) is 4.23. The van der Waals surface area contributed by atoms with Crippen molar-refractivity contribution < 1.29 is 23.1 Å². The van der Waals surface area contributed by atoms with E-state index in [0.29, 0.717) is 37.5 Å². The minimum atomic E-state index is -0.333. The van der Waals surface area contributed by atoms with E-state index in [1.165, 1.54) is 30.5 Å². The van der Waals surface area contributed by atoms with Crippen LogP contribution in [0.4, 0.5) is 4.39 Å². The highest BCUT2D eigenvalue weighted by Gasteiger charge is 2.23. The molecule has 6 nitrogen and oxygen atoms in total. The van der Waals surface area contributed by atoms with Gasteiger partial charge in [-0.05, 0) is 73.7 Å². The summed E-state index contributed by atoms with van der Waals surface area (Å²) in [5, 5.41) is 0. The lowest BCUT2D eigenvalue weighted by Crippen LogP contribution is -2.43. The molecule has 2 aromatic carbocycles. The molecule has 0 aliphatic carbocycles. The second kappa shape index (κ2) is 15.7. The van der Waals surface area contributed by atoms with E-state index in [1.807, 2.05) is 31.2 Å². The van der Waals surface area contributed by atoms with Crippen LogP contribution in [0.3, 0.4) is 0 Å². The van der Waals surface area contributed by atoms with E-state index < -0.39 is 0 Å². The minimum Gasteiger partial charge on any atom is -0.467 e. The van der Waals surface area contributed by atoms with Crippen LogP contribution in [0.1, 0.15) is 66.8 Å². The highest BCUT2D eigenvalue weighted by molar-refractivity contribution is 5.96. The average molecular weight is 523 g/mol. The first kappa shape index (κ1) is 29.1. The molecule has 0 fully saturated rings. The summed E-state index contributed by atoms with van der Waals surface area (Å²) >= 11 is 0. The number of halogens is 1. The van der Waals surface area contributed by atoms with Crippen LogP contribution in [0.15, 0.2) is 71.3 Å². The van der Waals surface area contributed by atoms with Gasteiger partial charge in [0.1, 0.15) is 18.1 Å². The number of carbonyl (C=O) groups excluding carboxylic acids is 2. The molecule has 0 aliphatic rings. The highest BCUT2D eigenvalue weighted by Crippen LogP contribution is 2.15. The van der Waals surface area contributed by atoms with Crippen molar-refractivity contribution in [2.45, 2.75) is 59.0 Å². The molecule has 0 unspecified atom stereocenters. The lowest BCUT2D eigenvalue weighted by Gasteiger charge is -2.27. The number of carbonyl (C=O) groups is 2. The van der Waals surface area contributed by atoms with Gasteiger partial charge in [0.05, 0.1) is 12.8 Å². The van der Waals surface area contributed by atoms with Gasteiger partial charge in [-0.1, -0.05) is 44.0 Å². The number of nitrogens with zero attached hydrogens (tertiary/aromatic N) is 2. The van der Waals surface area contributed by atoms with Gasteiger partial charge in [-0.15, -0.1) is 0 Å². The Bertz CT molecular complexity index is 1100. The Kier molecular flexibility index (Phi) is 12.0. The standard InChI is InChI=1S/C31H39FN2O4/c1-3-5-6-9-25-11-15-27(16-12-25)31(36)33(19-8-20-37-4-2)24-30(35)34(23-29-10-7-21-38-29)22-26-13-17-28(32)18-14-26/h7,10-18,21H,3-6,8-9,19-20,22-24H2,1-2H3. The lowest BCUT2D eigenvalue weighted by atomic mass is 10.0. The topological polar surface area (TPSA) is 63.0 Å². The largest absolute Gasteiger partial charge is 0.467 e. The van der Waals surface area contributed by atoms with Crippen LogP contribution in [0, 0.1) is 5.82 Å². The summed E-state index contributed by atoms with van der Waals surface area (Å²) in [6.07, 6.45) is 6.65. The third-order valence-electron chi connectivity index (χ3n) is 6.37. The molecule has 1 heterocycles. The van der Waals surface area contributed by atoms with Gasteiger partial charge in [-0.25, -0.2) is 4.39 Å². The number of rotatable bonds is 16. The maximum Gasteiger partial charge on any atom is 0.254 e. The fraction of sp³-hybridized carbons (Fsp3) is 0.419. The van der Waals surface area contributed by atoms with Gasteiger partial charge in [0.15, 0.2) is 0 Å². The molecular formula is C31H39FN2O4. The van der Waals surface area contributed by atoms with Gasteiger partial charge >= 0.3 is 0 Å². The number of unbranched alkanes of at least 4 members (excludes halogenated alkanes) is 2. The van der Waals surface area contributed by atoms with Crippen LogP contribution >= 0.6 is 0 Å². The molecule has 7 heteroatoms. The zero-order chi connectivity index (χ0) is 27.2. The molecule has 0 bridgehead atoms. The van der Waals surface area contributed by atoms with Crippen molar-refractivity contribution in [3.8, 4) is 0 Å². The highest BCUT2D eigenvalue weighted by atomic mass is 19.1. The summed E-state index contributed by atoms with van der Waals surface area (Å²) in [5.74, 6) is -0.102. The fourth-order valence-corrected chi connectivity index (χ4v) is 4.23. The van der Waals surface area contributed by atoms with Crippen LogP contribution in [0.2, 0.25) is 0 Å². The number of furan rings is 1. The zero-order valence-electron chi connectivity index (χ0n) is 22.5. The van der Waals surface area contributed by atoms with Gasteiger partial charge in [-0.3, -0.25) is 9.59 Å². The molecule has 0 radical (unpaired) electrons. The molecule has 3 aromatic rings. The number of aryl methyl sites for hydroxylation is 1. The van der Waals surface area contributed by atoms with Crippen LogP contribution in [0.5, 0.6) is 0 Å². The third kappa shape index (κ3) is 9.45. The van der Waals surface area contributed by atoms with E-state index in [4.69, 9.17) is 9.15 Å². The van der Waals surface area contributed by atoms with Gasteiger partial charge in [0.2, 0.25) is 5.91 Å². The van der Waals surface area contributed by atoms with E-state index in [9.17, 15) is 14.0 Å². The lowest BCUT2D eigenvalue weighted by molar-refractivity contribution is -0.133. The Hall–Kier alpha value is -3.45. The molecule has 2 amide bonds. The van der Waals surface area contributed by atoms with Crippen LogP contribution in [0.25, 0.3) is 0 Å². The minimum absolute atomic E-state index is 0.0783. The summed E-state index contributed by atoms with van der Waals surface area (Å²) < 4.78 is 24.4. The molecule has 0 aliphatic heterocycles. The maximum atomic E-state index is 13.6. The van der Waals surface area contributed by atoms with Crippen molar-refractivity contribution in [3.05, 3.63) is 95.2 Å². The molecule has 0 saturated carbocycles. The molecule has 0 spiro atoms. The van der Waals surface area contributed by atoms with E-state index in [2.05, 4.69) is 6.92 Å². The number of amides is 2. The van der Waals surface area contributed by atoms with Crippen molar-refractivity contribution >= 4 is 11.8 Å². The van der Waals surface area contributed by atoms with Crippen LogP contribution in [-0.4, -0.2) is 47.9 Å². The van der Waals surface area contributed by atoms with Crippen molar-refractivity contribution in [1.29, 1.82) is 0 Å². The smallest absolute Gasteiger partial charge is 0.254 e. The summed E-state index contributed by atoms with van der Waals surface area (Å²) in [7, 11) is 0. The summed E-state index contributed by atoms with van der Waals surface area (Å²) in [6, 6.07) is 17.3. The third-order valence-corrected chi connectivity index (χ3v) is 6.37. The molecule has 204 valence electrons. The Morgan fingerprint density at radius 3 is 2.26 bits per heavy atom. The van der Waals surface area contributed by atoms with Crippen molar-refractivity contribution in [2.24, 2.45) is 0 Å². The Morgan fingerprint density at radius 2 is 1.61 bits per heavy atom. The Labute approximate surface area is 225 Å². The van der Waals surface area contributed by atoms with Gasteiger partial charge in [0, 0.05) is 31.9 Å². The predicted octanol–water partition coefficient (Wildman–Crippen LogP) is 6.25. The molecule has 38 heavy (non-hydrogen) atoms. The zero-order valence-corrected chi connectivity index (χ0v) is 22.5. The first-order chi connectivity index (χ1) is 18.5. The van der Waals surface area contributed by atoms with E-state index >= 15 is 0 Å². The van der Waals surface area contributed by atoms with E-state index in [1.54, 1.807) is 40.3 Å². The second-order valence-electron chi connectivity index (χ2n) is 9.39. The predicted molar refractivity (Wildman–Crippen MR) is 146 cm³/mol. The number of benzene rings is 2. The van der Waals surface area contributed by atoms with Crippen LogP contribution < -0.4 is 0 Å². The van der Waals surface area contributed by atoms with Gasteiger partial charge in [-0.2, -0.15) is 0 Å². The second-order valence-corrected chi connectivity index (χ2v) is 9.39. The quantitative estimate of drug-likeness (QED) is 0.209. The molecule has 1 aromatic heterocycles. The first-order valence-electron chi connectivity index (χ1n) is 13.5. The molecular weight excluding hydrogens is 483 g/mol. The van der Waals surface area contributed by atoms with Gasteiger partial charge in [0.25, 0.3) is 5.91 Å². The number of hydrogen-bond acceptors (Lipinski definition) is 4. The average Bonchev–Trinajstić information content (AvgIpc) is 3.44. The molecule has 0 N–H and O–H groups in total. The van der Waals surface area contributed by atoms with E-state index in [0.717, 1.165) is 18.4 Å². The molecule has 3 rings (SSSR count). The van der Waals surface area contributed by atoms with Gasteiger partial charge < -0.3 is 19.0 Å². The molecule has 0 atom stereocenters. The number of ether oxygens (including phenoxy) is 1. The van der Waals surface area contributed by atoms with E-state index in [-0.39, 0.29) is 37.3 Å². The Morgan fingerprint density at radius 1 is 0.868 bits per heavy atom. The van der Waals surface area contributed by atoms with Crippen molar-refractivity contribution in [3.63, 3.8) is 0 Å². The SMILES string of the molecule is CCCCCc1ccc(C(=O)N(CCCOCC)CC(=O)N(Cc2ccc(F)cc2)Cc2ccco2)cc1.